The predicted molar refractivity (Wildman–Crippen MR) is 104 cm³/mol. The van der Waals surface area contributed by atoms with Gasteiger partial charge in [0.1, 0.15) is 17.6 Å². The fraction of sp³-hybridized carbons (Fsp3) is 0. The molecule has 1 aliphatic heterocycles. The smallest absolute Gasteiger partial charge is 0.125 e. The van der Waals surface area contributed by atoms with Crippen molar-refractivity contribution in [2.45, 2.75) is 4.90 Å². The van der Waals surface area contributed by atoms with E-state index < -0.39 is 0 Å². The molecule has 0 aliphatic carbocycles. The van der Waals surface area contributed by atoms with E-state index in [1.54, 1.807) is 10.1 Å². The fourth-order valence-electron chi connectivity index (χ4n) is 2.47. The molecule has 0 amide bonds. The first-order valence-electron chi connectivity index (χ1n) is 8.07. The molecule has 1 heterocycles. The highest BCUT2D eigenvalue weighted by Crippen LogP contribution is 2.25. The average molecular weight is 362 g/mol. The highest BCUT2D eigenvalue weighted by Gasteiger charge is 2.40. The Morgan fingerprint density at radius 3 is 1.92 bits per heavy atom. The van der Waals surface area contributed by atoms with E-state index in [1.165, 1.54) is 0 Å². The summed E-state index contributed by atoms with van der Waals surface area (Å²) in [5.41, 5.74) is 4.80. The maximum Gasteiger partial charge on any atom is 0.488 e. The Morgan fingerprint density at radius 1 is 0.769 bits per heavy atom. The van der Waals surface area contributed by atoms with Crippen LogP contribution in [0.5, 0.6) is 0 Å². The Bertz CT molecular complexity index is 918. The minimum Gasteiger partial charge on any atom is -0.125 e. The first kappa shape index (κ1) is 16.3. The fourth-order valence-corrected chi connectivity index (χ4v) is 3.14. The third kappa shape index (κ3) is 3.44. The first-order valence-corrected chi connectivity index (χ1v) is 8.84. The van der Waals surface area contributed by atoms with Crippen molar-refractivity contribution in [3.05, 3.63) is 95.9 Å². The molecule has 0 radical (unpaired) electrons. The van der Waals surface area contributed by atoms with Crippen LogP contribution >= 0.6 is 11.9 Å². The molecule has 0 aromatic heterocycles. The van der Waals surface area contributed by atoms with Gasteiger partial charge in [0.25, 0.3) is 0 Å². The van der Waals surface area contributed by atoms with Gasteiger partial charge in [0, 0.05) is 14.2 Å². The van der Waals surface area contributed by atoms with Gasteiger partial charge in [-0.1, -0.05) is 70.2 Å². The van der Waals surface area contributed by atoms with Crippen LogP contribution in [0.1, 0.15) is 0 Å². The largest absolute Gasteiger partial charge is 0.488 e. The lowest BCUT2D eigenvalue weighted by atomic mass is 10.3. The Hall–Kier alpha value is -3.16. The second kappa shape index (κ2) is 7.38. The van der Waals surface area contributed by atoms with Gasteiger partial charge in [-0.05, 0) is 36.4 Å². The molecule has 3 aromatic carbocycles. The van der Waals surface area contributed by atoms with Crippen molar-refractivity contribution in [3.8, 4) is 0 Å². The number of hydrazine groups is 2. The zero-order chi connectivity index (χ0) is 17.8. The van der Waals surface area contributed by atoms with E-state index in [1.807, 2.05) is 91.0 Å². The van der Waals surface area contributed by atoms with Crippen molar-refractivity contribution >= 4 is 29.3 Å². The van der Waals surface area contributed by atoms with Crippen LogP contribution in [-0.4, -0.2) is 10.1 Å². The highest BCUT2D eigenvalue weighted by molar-refractivity contribution is 7.93. The first-order chi connectivity index (χ1) is 12.8. The van der Waals surface area contributed by atoms with Crippen molar-refractivity contribution in [2.75, 3.05) is 10.1 Å². The van der Waals surface area contributed by atoms with E-state index in [-0.39, 0.29) is 5.96 Å². The van der Waals surface area contributed by atoms with E-state index in [2.05, 4.69) is 10.6 Å². The van der Waals surface area contributed by atoms with Crippen LogP contribution in [0.25, 0.3) is 0 Å². The topological polar surface area (TPSA) is 51.0 Å². The van der Waals surface area contributed by atoms with Gasteiger partial charge in [-0.25, -0.2) is 0 Å². The lowest BCUT2D eigenvalue weighted by Gasteiger charge is -2.14. The van der Waals surface area contributed by atoms with Crippen LogP contribution in [-0.2, 0) is 0 Å². The monoisotopic (exact) mass is 362 g/mol. The number of nitrogens with zero attached hydrogens (tertiary/aromatic N) is 4. The van der Waals surface area contributed by atoms with Gasteiger partial charge in [-0.3, -0.25) is 0 Å². The van der Waals surface area contributed by atoms with Crippen molar-refractivity contribution < 1.29 is 4.17 Å². The van der Waals surface area contributed by atoms with Crippen LogP contribution in [0.15, 0.2) is 101 Å². The summed E-state index contributed by atoms with van der Waals surface area (Å²) < 4.78 is 0.804. The normalized spacial score (nSPS) is 13.6. The number of anilines is 2. The van der Waals surface area contributed by atoms with Gasteiger partial charge in [0.15, 0.2) is 0 Å². The van der Waals surface area contributed by atoms with Crippen LogP contribution < -0.4 is 15.7 Å². The predicted octanol–water partition coefficient (Wildman–Crippen LogP) is 4.19. The van der Waals surface area contributed by atoms with E-state index in [0.717, 1.165) is 32.4 Å². The van der Waals surface area contributed by atoms with Crippen molar-refractivity contribution in [2.24, 2.45) is 5.10 Å². The zero-order valence-electron chi connectivity index (χ0n) is 13.8. The molecule has 0 bridgehead atoms. The van der Waals surface area contributed by atoms with Crippen LogP contribution in [0.2, 0.25) is 0 Å². The number of benzene rings is 3. The summed E-state index contributed by atoms with van der Waals surface area (Å²) in [6.45, 7) is 0. The summed E-state index contributed by atoms with van der Waals surface area (Å²) in [5.74, 6) is 0.244. The summed E-state index contributed by atoms with van der Waals surface area (Å²) in [7, 11) is 0. The molecule has 0 unspecified atom stereocenters. The second-order valence-corrected chi connectivity index (χ2v) is 6.47. The van der Waals surface area contributed by atoms with Crippen LogP contribution in [0, 0.1) is 4.91 Å². The number of hydrogen-bond acceptors (Lipinski definition) is 6. The van der Waals surface area contributed by atoms with Crippen molar-refractivity contribution in [1.82, 2.24) is 5.53 Å². The highest BCUT2D eigenvalue weighted by atomic mass is 32.2. The summed E-state index contributed by atoms with van der Waals surface area (Å²) in [4.78, 5) is 13.7. The number of hydrogen-bond donors (Lipinski definition) is 1. The summed E-state index contributed by atoms with van der Waals surface area (Å²) in [6.07, 6.45) is 0. The SMILES string of the molecule is O=[N+](Sc1ccccc1)C1=NN(c2ccccc2)NN1c1ccccc1. The lowest BCUT2D eigenvalue weighted by Crippen LogP contribution is -2.45. The minimum atomic E-state index is 0.244. The molecular weight excluding hydrogens is 346 g/mol. The maximum atomic E-state index is 12.8. The number of hydrazone groups is 1. The summed E-state index contributed by atoms with van der Waals surface area (Å²) in [6, 6.07) is 28.7. The Labute approximate surface area is 155 Å². The number of nitrogens with one attached hydrogen (secondary N) is 1. The van der Waals surface area contributed by atoms with E-state index in [4.69, 9.17) is 0 Å². The molecule has 6 nitrogen and oxygen atoms in total. The van der Waals surface area contributed by atoms with Gasteiger partial charge < -0.3 is 0 Å². The van der Waals surface area contributed by atoms with Crippen molar-refractivity contribution in [1.29, 1.82) is 0 Å². The number of para-hydroxylation sites is 2. The molecule has 7 heteroatoms. The summed E-state index contributed by atoms with van der Waals surface area (Å²) in [5, 5.41) is 7.71. The van der Waals surface area contributed by atoms with Gasteiger partial charge >= 0.3 is 5.96 Å². The molecule has 1 aliphatic rings. The van der Waals surface area contributed by atoms with Gasteiger partial charge in [-0.15, -0.1) is 5.01 Å². The molecule has 128 valence electrons. The standard InChI is InChI=1S/C19H16N5OS/c25-24(26-18-14-8-3-9-15-18)19-20-23(17-12-6-2-7-13-17)21-22(19)16-10-4-1-5-11-16/h1-15,21H/q+1. The van der Waals surface area contributed by atoms with E-state index >= 15 is 0 Å². The molecule has 1 N–H and O–H groups in total. The molecule has 0 spiro atoms. The maximum absolute atomic E-state index is 12.8. The molecule has 0 fully saturated rings. The quantitative estimate of drug-likeness (QED) is 0.557. The average Bonchev–Trinajstić information content (AvgIpc) is 3.16. The Kier molecular flexibility index (Phi) is 4.63. The van der Waals surface area contributed by atoms with Crippen LogP contribution in [0.4, 0.5) is 11.4 Å². The molecule has 0 saturated carbocycles. The molecule has 3 aromatic rings. The number of guanidine groups is 1. The van der Waals surface area contributed by atoms with Crippen LogP contribution in [0.3, 0.4) is 0 Å². The lowest BCUT2D eigenvalue weighted by molar-refractivity contribution is -0.229. The van der Waals surface area contributed by atoms with Gasteiger partial charge in [0.2, 0.25) is 0 Å². The molecule has 0 saturated heterocycles. The molecule has 4 rings (SSSR count). The van der Waals surface area contributed by atoms with Crippen molar-refractivity contribution in [3.63, 3.8) is 0 Å². The molecule has 0 atom stereocenters. The molecule has 26 heavy (non-hydrogen) atoms. The zero-order valence-corrected chi connectivity index (χ0v) is 14.6. The Balaban J connectivity index is 1.65. The third-order valence-corrected chi connectivity index (χ3v) is 4.51. The van der Waals surface area contributed by atoms with E-state index in [0.29, 0.717) is 0 Å². The summed E-state index contributed by atoms with van der Waals surface area (Å²) >= 11 is 1.08. The minimum absolute atomic E-state index is 0.244. The number of nitroso groups, excluding NO2 is 1. The third-order valence-electron chi connectivity index (χ3n) is 3.69. The second-order valence-electron chi connectivity index (χ2n) is 5.48. The van der Waals surface area contributed by atoms with Gasteiger partial charge in [-0.2, -0.15) is 0 Å². The Morgan fingerprint density at radius 2 is 1.31 bits per heavy atom. The molecular formula is C19H16N5OS+. The van der Waals surface area contributed by atoms with E-state index in [9.17, 15) is 4.91 Å². The van der Waals surface area contributed by atoms with Gasteiger partial charge in [0.05, 0.1) is 5.69 Å². The number of rotatable bonds is 4.